The largest absolute Gasteiger partial charge is 0.340 e. The van der Waals surface area contributed by atoms with Crippen molar-refractivity contribution in [3.8, 4) is 11.1 Å². The van der Waals surface area contributed by atoms with Crippen LogP contribution in [-0.2, 0) is 5.41 Å². The topological polar surface area (TPSA) is 42.2 Å². The first-order chi connectivity index (χ1) is 14.1. The molecular weight excluding hydrogens is 392 g/mol. The second-order valence-electron chi connectivity index (χ2n) is 8.90. The molecule has 5 heteroatoms. The minimum absolute atomic E-state index is 0.100. The molecule has 0 radical (unpaired) electrons. The minimum Gasteiger partial charge on any atom is -0.340 e. The Morgan fingerprint density at radius 3 is 2.23 bits per heavy atom. The Morgan fingerprint density at radius 1 is 0.900 bits per heavy atom. The van der Waals surface area contributed by atoms with Crippen LogP contribution in [0.1, 0.15) is 43.3 Å². The highest BCUT2D eigenvalue weighted by Crippen LogP contribution is 2.33. The Morgan fingerprint density at radius 2 is 1.60 bits per heavy atom. The van der Waals surface area contributed by atoms with Crippen molar-refractivity contribution < 1.29 is 0 Å². The van der Waals surface area contributed by atoms with E-state index in [4.69, 9.17) is 21.7 Å². The summed E-state index contributed by atoms with van der Waals surface area (Å²) < 4.78 is 1.91. The van der Waals surface area contributed by atoms with Crippen LogP contribution in [0.4, 0.5) is 11.5 Å². The number of anilines is 2. The number of halogens is 1. The molecule has 0 aliphatic rings. The van der Waals surface area contributed by atoms with Gasteiger partial charge in [0, 0.05) is 27.8 Å². The Hall–Kier alpha value is -2.85. The molecule has 0 bridgehead atoms. The number of fused-ring (bicyclic) bond motifs is 1. The van der Waals surface area contributed by atoms with Crippen molar-refractivity contribution in [3.05, 3.63) is 76.1 Å². The number of rotatable bonds is 3. The number of aryl methyl sites for hydroxylation is 3. The molecule has 2 heterocycles. The van der Waals surface area contributed by atoms with Crippen LogP contribution >= 0.6 is 11.6 Å². The fourth-order valence-electron chi connectivity index (χ4n) is 3.52. The van der Waals surface area contributed by atoms with Gasteiger partial charge in [-0.1, -0.05) is 50.6 Å². The summed E-state index contributed by atoms with van der Waals surface area (Å²) in [4.78, 5) is 5.03. The molecule has 0 spiro atoms. The van der Waals surface area contributed by atoms with E-state index >= 15 is 0 Å². The predicted octanol–water partition coefficient (Wildman–Crippen LogP) is 7.02. The van der Waals surface area contributed by atoms with E-state index in [9.17, 15) is 0 Å². The molecule has 0 aliphatic heterocycles. The predicted molar refractivity (Wildman–Crippen MR) is 126 cm³/mol. The van der Waals surface area contributed by atoms with Crippen LogP contribution in [0.15, 0.2) is 48.5 Å². The lowest BCUT2D eigenvalue weighted by molar-refractivity contribution is 0.569. The summed E-state index contributed by atoms with van der Waals surface area (Å²) in [6, 6.07) is 16.3. The van der Waals surface area contributed by atoms with Gasteiger partial charge in [0.25, 0.3) is 0 Å². The molecule has 30 heavy (non-hydrogen) atoms. The highest BCUT2D eigenvalue weighted by molar-refractivity contribution is 6.30. The molecule has 4 rings (SSSR count). The Kier molecular flexibility index (Phi) is 5.07. The highest BCUT2D eigenvalue weighted by atomic mass is 35.5. The zero-order chi connectivity index (χ0) is 21.6. The van der Waals surface area contributed by atoms with E-state index in [1.54, 1.807) is 0 Å². The summed E-state index contributed by atoms with van der Waals surface area (Å²) in [5.41, 5.74) is 8.33. The Bertz CT molecular complexity index is 1230. The van der Waals surface area contributed by atoms with Gasteiger partial charge < -0.3 is 5.32 Å². The molecule has 2 aromatic heterocycles. The standard InChI is InChI=1S/C25H27ClN4/c1-15-7-12-20(13-16(15)2)27-22-14-21(25(4,5)6)28-24-23(17(3)29-30(22)24)18-8-10-19(26)11-9-18/h7-14,27H,1-6H3. The van der Waals surface area contributed by atoms with Crippen molar-refractivity contribution >= 4 is 28.8 Å². The summed E-state index contributed by atoms with van der Waals surface area (Å²) in [5, 5.41) is 9.11. The average Bonchev–Trinajstić information content (AvgIpc) is 3.01. The van der Waals surface area contributed by atoms with Crippen LogP contribution in [-0.4, -0.2) is 14.6 Å². The van der Waals surface area contributed by atoms with E-state index in [0.717, 1.165) is 39.7 Å². The van der Waals surface area contributed by atoms with E-state index in [1.807, 2.05) is 35.7 Å². The summed E-state index contributed by atoms with van der Waals surface area (Å²) in [6.07, 6.45) is 0. The van der Waals surface area contributed by atoms with E-state index in [1.165, 1.54) is 11.1 Å². The molecule has 0 saturated heterocycles. The first kappa shape index (κ1) is 20.4. The number of benzene rings is 2. The number of nitrogens with one attached hydrogen (secondary N) is 1. The van der Waals surface area contributed by atoms with Crippen LogP contribution in [0.2, 0.25) is 5.02 Å². The van der Waals surface area contributed by atoms with Gasteiger partial charge in [0.05, 0.1) is 11.4 Å². The van der Waals surface area contributed by atoms with Crippen molar-refractivity contribution in [3.63, 3.8) is 0 Å². The summed E-state index contributed by atoms with van der Waals surface area (Å²) in [5.74, 6) is 0.900. The fraction of sp³-hybridized carbons (Fsp3) is 0.280. The SMILES string of the molecule is Cc1ccc(Nc2cc(C(C)(C)C)nc3c(-c4ccc(Cl)cc4)c(C)nn23)cc1C. The summed E-state index contributed by atoms with van der Waals surface area (Å²) in [6.45, 7) is 12.8. The Balaban J connectivity index is 1.94. The van der Waals surface area contributed by atoms with Gasteiger partial charge in [-0.05, 0) is 61.7 Å². The van der Waals surface area contributed by atoms with E-state index in [2.05, 4.69) is 64.2 Å². The second-order valence-corrected chi connectivity index (χ2v) is 9.34. The molecule has 0 unspecified atom stereocenters. The van der Waals surface area contributed by atoms with Gasteiger partial charge in [0.1, 0.15) is 5.82 Å². The van der Waals surface area contributed by atoms with Gasteiger partial charge in [-0.15, -0.1) is 0 Å². The van der Waals surface area contributed by atoms with E-state index < -0.39 is 0 Å². The number of nitrogens with zero attached hydrogens (tertiary/aromatic N) is 3. The van der Waals surface area contributed by atoms with Crippen molar-refractivity contribution in [1.82, 2.24) is 14.6 Å². The van der Waals surface area contributed by atoms with E-state index in [-0.39, 0.29) is 5.41 Å². The molecule has 0 atom stereocenters. The first-order valence-corrected chi connectivity index (χ1v) is 10.5. The van der Waals surface area contributed by atoms with Gasteiger partial charge in [-0.25, -0.2) is 4.98 Å². The molecule has 0 amide bonds. The van der Waals surface area contributed by atoms with Gasteiger partial charge in [0.2, 0.25) is 0 Å². The molecule has 0 saturated carbocycles. The first-order valence-electron chi connectivity index (χ1n) is 10.1. The monoisotopic (exact) mass is 418 g/mol. The zero-order valence-electron chi connectivity index (χ0n) is 18.3. The van der Waals surface area contributed by atoms with Gasteiger partial charge in [0.15, 0.2) is 5.65 Å². The molecule has 154 valence electrons. The van der Waals surface area contributed by atoms with Crippen molar-refractivity contribution in [2.75, 3.05) is 5.32 Å². The third-order valence-corrected chi connectivity index (χ3v) is 5.70. The van der Waals surface area contributed by atoms with Crippen LogP contribution in [0, 0.1) is 20.8 Å². The number of hydrogen-bond acceptors (Lipinski definition) is 3. The number of hydrogen-bond donors (Lipinski definition) is 1. The smallest absolute Gasteiger partial charge is 0.165 e. The molecular formula is C25H27ClN4. The molecule has 0 fully saturated rings. The van der Waals surface area contributed by atoms with Crippen LogP contribution in [0.5, 0.6) is 0 Å². The number of aromatic nitrogens is 3. The van der Waals surface area contributed by atoms with E-state index in [0.29, 0.717) is 5.02 Å². The lowest BCUT2D eigenvalue weighted by Gasteiger charge is -2.20. The van der Waals surface area contributed by atoms with Crippen molar-refractivity contribution in [2.24, 2.45) is 0 Å². The Labute approximate surface area is 182 Å². The van der Waals surface area contributed by atoms with Crippen molar-refractivity contribution in [1.29, 1.82) is 0 Å². The third-order valence-electron chi connectivity index (χ3n) is 5.44. The molecule has 4 aromatic rings. The lowest BCUT2D eigenvalue weighted by atomic mass is 9.92. The molecule has 0 aliphatic carbocycles. The summed E-state index contributed by atoms with van der Waals surface area (Å²) >= 11 is 6.11. The average molecular weight is 419 g/mol. The maximum atomic E-state index is 6.11. The lowest BCUT2D eigenvalue weighted by Crippen LogP contribution is -2.16. The maximum Gasteiger partial charge on any atom is 0.165 e. The fourth-order valence-corrected chi connectivity index (χ4v) is 3.64. The van der Waals surface area contributed by atoms with Crippen molar-refractivity contribution in [2.45, 2.75) is 47.0 Å². The van der Waals surface area contributed by atoms with Gasteiger partial charge >= 0.3 is 0 Å². The molecule has 2 aromatic carbocycles. The molecule has 1 N–H and O–H groups in total. The quantitative estimate of drug-likeness (QED) is 0.388. The highest BCUT2D eigenvalue weighted by Gasteiger charge is 2.22. The maximum absolute atomic E-state index is 6.11. The van der Waals surface area contributed by atoms with Gasteiger partial charge in [-0.2, -0.15) is 9.61 Å². The normalized spacial score (nSPS) is 11.8. The minimum atomic E-state index is -0.100. The zero-order valence-corrected chi connectivity index (χ0v) is 19.1. The molecule has 4 nitrogen and oxygen atoms in total. The summed E-state index contributed by atoms with van der Waals surface area (Å²) in [7, 11) is 0. The van der Waals surface area contributed by atoms with Crippen LogP contribution in [0.3, 0.4) is 0 Å². The van der Waals surface area contributed by atoms with Gasteiger partial charge in [-0.3, -0.25) is 0 Å². The van der Waals surface area contributed by atoms with Crippen LogP contribution < -0.4 is 5.32 Å². The third kappa shape index (κ3) is 3.80. The second kappa shape index (κ2) is 7.44. The van der Waals surface area contributed by atoms with Crippen LogP contribution in [0.25, 0.3) is 16.8 Å².